The van der Waals surface area contributed by atoms with Crippen LogP contribution in [0.1, 0.15) is 23.8 Å². The summed E-state index contributed by atoms with van der Waals surface area (Å²) in [5, 5.41) is 15.4. The molecule has 0 fully saturated rings. The molecule has 0 aliphatic rings. The number of alkyl halides is 1. The molecule has 15 heavy (non-hydrogen) atoms. The molecule has 2 heterocycles. The minimum Gasteiger partial charge on any atom is -0.273 e. The fourth-order valence-electron chi connectivity index (χ4n) is 1.41. The van der Waals surface area contributed by atoms with Crippen LogP contribution in [0.4, 0.5) is 0 Å². The molecule has 2 aromatic heterocycles. The first-order chi connectivity index (χ1) is 7.09. The average Bonchev–Trinajstić information content (AvgIpc) is 2.71. The van der Waals surface area contributed by atoms with Gasteiger partial charge in [0.15, 0.2) is 5.82 Å². The van der Waals surface area contributed by atoms with Crippen LogP contribution in [0.5, 0.6) is 0 Å². The highest BCUT2D eigenvalue weighted by Crippen LogP contribution is 2.20. The molecule has 2 aromatic rings. The van der Waals surface area contributed by atoms with E-state index < -0.39 is 0 Å². The minimum absolute atomic E-state index is 0.236. The Labute approximate surface area is 91.8 Å². The number of halogens is 1. The molecule has 0 aromatic carbocycles. The molecule has 0 bridgehead atoms. The first-order valence-electron chi connectivity index (χ1n) is 4.52. The predicted molar refractivity (Wildman–Crippen MR) is 54.9 cm³/mol. The van der Waals surface area contributed by atoms with Gasteiger partial charge >= 0.3 is 0 Å². The summed E-state index contributed by atoms with van der Waals surface area (Å²) < 4.78 is 3.33. The van der Waals surface area contributed by atoms with Crippen molar-refractivity contribution < 1.29 is 0 Å². The highest BCUT2D eigenvalue weighted by Gasteiger charge is 2.16. The molecule has 1 atom stereocenters. The van der Waals surface area contributed by atoms with Crippen LogP contribution in [0.3, 0.4) is 0 Å². The van der Waals surface area contributed by atoms with E-state index in [-0.39, 0.29) is 5.38 Å². The van der Waals surface area contributed by atoms with Gasteiger partial charge in [-0.05, 0) is 24.3 Å². The maximum absolute atomic E-state index is 5.97. The lowest BCUT2D eigenvalue weighted by atomic mass is 10.4. The molecule has 0 radical (unpaired) electrons. The van der Waals surface area contributed by atoms with E-state index in [0.717, 1.165) is 11.4 Å². The topological polar surface area (TPSA) is 61.4 Å². The Bertz CT molecular complexity index is 471. The van der Waals surface area contributed by atoms with Crippen molar-refractivity contribution in [1.82, 2.24) is 30.0 Å². The molecular weight excluding hydrogens is 216 g/mol. The lowest BCUT2D eigenvalue weighted by Gasteiger charge is -2.03. The second-order valence-corrected chi connectivity index (χ2v) is 3.99. The van der Waals surface area contributed by atoms with Crippen LogP contribution >= 0.6 is 11.6 Å². The van der Waals surface area contributed by atoms with Crippen LogP contribution in [0, 0.1) is 6.92 Å². The molecule has 7 heteroatoms. The van der Waals surface area contributed by atoms with Gasteiger partial charge in [0.2, 0.25) is 0 Å². The summed E-state index contributed by atoms with van der Waals surface area (Å²) >= 11 is 5.97. The van der Waals surface area contributed by atoms with Gasteiger partial charge in [-0.25, -0.2) is 0 Å². The maximum atomic E-state index is 5.97. The quantitative estimate of drug-likeness (QED) is 0.717. The lowest BCUT2D eigenvalue weighted by Crippen LogP contribution is -2.04. The van der Waals surface area contributed by atoms with Crippen molar-refractivity contribution in [3.8, 4) is 5.69 Å². The van der Waals surface area contributed by atoms with Gasteiger partial charge in [0.05, 0.1) is 17.3 Å². The summed E-state index contributed by atoms with van der Waals surface area (Å²) in [7, 11) is 1.85. The summed E-state index contributed by atoms with van der Waals surface area (Å²) in [4.78, 5) is 0. The van der Waals surface area contributed by atoms with Crippen molar-refractivity contribution in [2.75, 3.05) is 0 Å². The number of aryl methyl sites for hydroxylation is 2. The van der Waals surface area contributed by atoms with Crippen molar-refractivity contribution in [2.45, 2.75) is 19.2 Å². The molecule has 1 unspecified atom stereocenters. The van der Waals surface area contributed by atoms with E-state index in [4.69, 9.17) is 11.6 Å². The van der Waals surface area contributed by atoms with Crippen LogP contribution in [-0.4, -0.2) is 30.0 Å². The van der Waals surface area contributed by atoms with Crippen LogP contribution in [0.25, 0.3) is 5.69 Å². The number of hydrogen-bond acceptors (Lipinski definition) is 4. The third kappa shape index (κ3) is 1.72. The Hall–Kier alpha value is -1.43. The molecule has 0 spiro atoms. The van der Waals surface area contributed by atoms with E-state index >= 15 is 0 Å². The smallest absolute Gasteiger partial charge is 0.174 e. The van der Waals surface area contributed by atoms with E-state index in [2.05, 4.69) is 20.6 Å². The third-order valence-electron chi connectivity index (χ3n) is 2.07. The molecule has 0 saturated heterocycles. The number of hydrogen-bond donors (Lipinski definition) is 0. The van der Waals surface area contributed by atoms with Gasteiger partial charge in [-0.2, -0.15) is 9.78 Å². The number of rotatable bonds is 2. The number of aromatic nitrogens is 6. The summed E-state index contributed by atoms with van der Waals surface area (Å²) in [5.74, 6) is 0.618. The van der Waals surface area contributed by atoms with Gasteiger partial charge in [-0.1, -0.05) is 0 Å². The van der Waals surface area contributed by atoms with Crippen molar-refractivity contribution in [1.29, 1.82) is 0 Å². The molecule has 6 nitrogen and oxygen atoms in total. The Balaban J connectivity index is 2.54. The first-order valence-corrected chi connectivity index (χ1v) is 4.96. The van der Waals surface area contributed by atoms with Crippen molar-refractivity contribution in [2.24, 2.45) is 7.05 Å². The van der Waals surface area contributed by atoms with Crippen LogP contribution in [0.2, 0.25) is 0 Å². The van der Waals surface area contributed by atoms with Gasteiger partial charge in [-0.3, -0.25) is 4.68 Å². The molecule has 0 aliphatic carbocycles. The molecule has 0 N–H and O–H groups in total. The van der Waals surface area contributed by atoms with E-state index in [1.54, 1.807) is 9.36 Å². The largest absolute Gasteiger partial charge is 0.273 e. The number of nitrogens with zero attached hydrogens (tertiary/aromatic N) is 6. The summed E-state index contributed by atoms with van der Waals surface area (Å²) in [6, 6.07) is 0. The Morgan fingerprint density at radius 2 is 2.20 bits per heavy atom. The summed E-state index contributed by atoms with van der Waals surface area (Å²) in [6.07, 6.45) is 1.86. The maximum Gasteiger partial charge on any atom is 0.174 e. The van der Waals surface area contributed by atoms with Crippen molar-refractivity contribution in [3.05, 3.63) is 17.7 Å². The third-order valence-corrected chi connectivity index (χ3v) is 2.26. The predicted octanol–water partition coefficient (Wildman–Crippen LogP) is 1.00. The Morgan fingerprint density at radius 3 is 2.73 bits per heavy atom. The van der Waals surface area contributed by atoms with Crippen LogP contribution in [-0.2, 0) is 7.05 Å². The monoisotopic (exact) mass is 226 g/mol. The zero-order valence-electron chi connectivity index (χ0n) is 8.72. The van der Waals surface area contributed by atoms with Crippen molar-refractivity contribution in [3.63, 3.8) is 0 Å². The van der Waals surface area contributed by atoms with E-state index in [0.29, 0.717) is 5.82 Å². The SMILES string of the molecule is Cc1nn(C)cc1-n1nnnc1C(C)Cl. The van der Waals surface area contributed by atoms with Crippen molar-refractivity contribution >= 4 is 11.6 Å². The number of tetrazole rings is 1. The lowest BCUT2D eigenvalue weighted by molar-refractivity contribution is 0.750. The molecule has 2 rings (SSSR count). The van der Waals surface area contributed by atoms with Crippen LogP contribution in [0.15, 0.2) is 6.20 Å². The van der Waals surface area contributed by atoms with Gasteiger partial charge in [0, 0.05) is 7.05 Å². The fourth-order valence-corrected chi connectivity index (χ4v) is 1.54. The Kier molecular flexibility index (Phi) is 2.44. The second-order valence-electron chi connectivity index (χ2n) is 3.34. The average molecular weight is 227 g/mol. The van der Waals surface area contributed by atoms with Gasteiger partial charge < -0.3 is 0 Å². The zero-order chi connectivity index (χ0) is 11.0. The van der Waals surface area contributed by atoms with Gasteiger partial charge in [0.1, 0.15) is 5.69 Å². The molecular formula is C8H11ClN6. The molecule has 0 amide bonds. The van der Waals surface area contributed by atoms with Gasteiger partial charge in [-0.15, -0.1) is 16.7 Å². The standard InChI is InChI=1S/C8H11ClN6/c1-5(9)8-10-12-13-15(8)7-4-14(3)11-6(7)2/h4-5H,1-3H3. The fraction of sp³-hybridized carbons (Fsp3) is 0.500. The van der Waals surface area contributed by atoms with Crippen LogP contribution < -0.4 is 0 Å². The van der Waals surface area contributed by atoms with Gasteiger partial charge in [0.25, 0.3) is 0 Å². The second kappa shape index (κ2) is 3.62. The molecule has 0 saturated carbocycles. The molecule has 80 valence electrons. The highest BCUT2D eigenvalue weighted by molar-refractivity contribution is 6.20. The van der Waals surface area contributed by atoms with E-state index in [9.17, 15) is 0 Å². The Morgan fingerprint density at radius 1 is 1.47 bits per heavy atom. The molecule has 0 aliphatic heterocycles. The summed E-state index contributed by atoms with van der Waals surface area (Å²) in [6.45, 7) is 3.73. The van der Waals surface area contributed by atoms with E-state index in [1.807, 2.05) is 27.1 Å². The highest BCUT2D eigenvalue weighted by atomic mass is 35.5. The minimum atomic E-state index is -0.236. The summed E-state index contributed by atoms with van der Waals surface area (Å²) in [5.41, 5.74) is 1.72. The van der Waals surface area contributed by atoms with E-state index in [1.165, 1.54) is 0 Å². The normalized spacial score (nSPS) is 13.1. The first kappa shape index (κ1) is 10.1. The zero-order valence-corrected chi connectivity index (χ0v) is 9.47.